The number of hydrogen-bond acceptors (Lipinski definition) is 4. The number of benzene rings is 3. The number of anilines is 1. The summed E-state index contributed by atoms with van der Waals surface area (Å²) < 4.78 is 5.96. The van der Waals surface area contributed by atoms with Crippen molar-refractivity contribution in [3.8, 4) is 5.75 Å². The second-order valence-corrected chi connectivity index (χ2v) is 8.17. The van der Waals surface area contributed by atoms with Crippen LogP contribution in [0.4, 0.5) is 10.5 Å². The molecule has 4 rings (SSSR count). The van der Waals surface area contributed by atoms with E-state index in [9.17, 15) is 14.4 Å². The molecular formula is C26H24N2O4. The Morgan fingerprint density at radius 2 is 1.62 bits per heavy atom. The Kier molecular flexibility index (Phi) is 5.53. The van der Waals surface area contributed by atoms with Crippen LogP contribution >= 0.6 is 0 Å². The second-order valence-electron chi connectivity index (χ2n) is 8.17. The quantitative estimate of drug-likeness (QED) is 0.473. The fourth-order valence-corrected chi connectivity index (χ4v) is 3.90. The van der Waals surface area contributed by atoms with Gasteiger partial charge in [0.05, 0.1) is 11.8 Å². The Balaban J connectivity index is 1.88. The average Bonchev–Trinajstić information content (AvgIpc) is 2.71. The number of nitrogens with one attached hydrogen (secondary N) is 1. The van der Waals surface area contributed by atoms with Gasteiger partial charge in [0, 0.05) is 5.56 Å². The van der Waals surface area contributed by atoms with Crippen molar-refractivity contribution in [3.05, 3.63) is 76.9 Å². The minimum absolute atomic E-state index is 0.0995. The van der Waals surface area contributed by atoms with E-state index in [-0.39, 0.29) is 11.7 Å². The molecule has 1 fully saturated rings. The van der Waals surface area contributed by atoms with E-state index in [0.717, 1.165) is 26.8 Å². The van der Waals surface area contributed by atoms with Crippen LogP contribution in [-0.4, -0.2) is 23.9 Å². The van der Waals surface area contributed by atoms with Crippen molar-refractivity contribution in [2.45, 2.75) is 33.8 Å². The molecule has 3 aromatic carbocycles. The molecule has 162 valence electrons. The summed E-state index contributed by atoms with van der Waals surface area (Å²) in [5.74, 6) is -0.849. The molecule has 0 atom stereocenters. The topological polar surface area (TPSA) is 75.7 Å². The molecular weight excluding hydrogens is 404 g/mol. The monoisotopic (exact) mass is 428 g/mol. The molecule has 1 saturated heterocycles. The summed E-state index contributed by atoms with van der Waals surface area (Å²) in [6.07, 6.45) is 1.41. The van der Waals surface area contributed by atoms with Gasteiger partial charge in [-0.15, -0.1) is 0 Å². The second kappa shape index (κ2) is 8.30. The summed E-state index contributed by atoms with van der Waals surface area (Å²) >= 11 is 0. The van der Waals surface area contributed by atoms with E-state index in [0.29, 0.717) is 17.0 Å². The van der Waals surface area contributed by atoms with E-state index in [4.69, 9.17) is 4.74 Å². The van der Waals surface area contributed by atoms with Crippen molar-refractivity contribution in [1.29, 1.82) is 0 Å². The molecule has 4 amide bonds. The molecule has 6 heteroatoms. The molecule has 1 N–H and O–H groups in total. The van der Waals surface area contributed by atoms with Crippen molar-refractivity contribution < 1.29 is 19.1 Å². The highest BCUT2D eigenvalue weighted by atomic mass is 16.5. The number of hydrogen-bond donors (Lipinski definition) is 1. The number of barbiturate groups is 1. The van der Waals surface area contributed by atoms with Gasteiger partial charge in [-0.05, 0) is 73.9 Å². The maximum atomic E-state index is 13.4. The van der Waals surface area contributed by atoms with Gasteiger partial charge >= 0.3 is 6.03 Å². The molecule has 0 radical (unpaired) electrons. The molecule has 1 aliphatic rings. The summed E-state index contributed by atoms with van der Waals surface area (Å²) in [5.41, 5.74) is 2.72. The lowest BCUT2D eigenvalue weighted by Gasteiger charge is -2.27. The number of urea groups is 1. The van der Waals surface area contributed by atoms with Crippen LogP contribution in [0.25, 0.3) is 16.8 Å². The van der Waals surface area contributed by atoms with Gasteiger partial charge in [0.1, 0.15) is 11.3 Å². The number of imide groups is 2. The first-order chi connectivity index (χ1) is 15.2. The number of ether oxygens (including phenoxy) is 1. The van der Waals surface area contributed by atoms with Gasteiger partial charge in [-0.2, -0.15) is 0 Å². The zero-order valence-corrected chi connectivity index (χ0v) is 18.4. The minimum Gasteiger partial charge on any atom is -0.490 e. The lowest BCUT2D eigenvalue weighted by atomic mass is 9.99. The van der Waals surface area contributed by atoms with Crippen molar-refractivity contribution in [3.63, 3.8) is 0 Å². The van der Waals surface area contributed by atoms with Crippen LogP contribution in [0.1, 0.15) is 30.5 Å². The summed E-state index contributed by atoms with van der Waals surface area (Å²) in [4.78, 5) is 39.7. The van der Waals surface area contributed by atoms with Crippen LogP contribution in [0.3, 0.4) is 0 Å². The maximum absolute atomic E-state index is 13.4. The fraction of sp³-hybridized carbons (Fsp3) is 0.192. The summed E-state index contributed by atoms with van der Waals surface area (Å²) in [7, 11) is 0. The number of carbonyl (C=O) groups excluding carboxylic acids is 3. The lowest BCUT2D eigenvalue weighted by Crippen LogP contribution is -2.54. The van der Waals surface area contributed by atoms with Crippen LogP contribution in [0.5, 0.6) is 5.75 Å². The third-order valence-electron chi connectivity index (χ3n) is 5.15. The number of fused-ring (bicyclic) bond motifs is 1. The van der Waals surface area contributed by atoms with E-state index < -0.39 is 17.8 Å². The van der Waals surface area contributed by atoms with E-state index >= 15 is 0 Å². The molecule has 0 saturated carbocycles. The van der Waals surface area contributed by atoms with Crippen molar-refractivity contribution in [1.82, 2.24) is 5.32 Å². The Morgan fingerprint density at radius 1 is 0.938 bits per heavy atom. The predicted molar refractivity (Wildman–Crippen MR) is 125 cm³/mol. The van der Waals surface area contributed by atoms with Gasteiger partial charge in [-0.25, -0.2) is 9.69 Å². The maximum Gasteiger partial charge on any atom is 0.335 e. The van der Waals surface area contributed by atoms with Gasteiger partial charge in [0.15, 0.2) is 0 Å². The standard InChI is InChI=1S/C26H24N2O4/c1-15(2)32-23-10-9-18-7-5-6-8-20(18)21(23)14-22-24(29)27-26(31)28(25(22)30)19-12-16(3)11-17(4)13-19/h5-15H,1-4H3,(H,27,29,31)/b22-14+. The van der Waals surface area contributed by atoms with E-state index in [1.165, 1.54) is 6.08 Å². The first-order valence-corrected chi connectivity index (χ1v) is 10.4. The molecule has 1 aliphatic heterocycles. The van der Waals surface area contributed by atoms with E-state index in [2.05, 4.69) is 5.32 Å². The fourth-order valence-electron chi connectivity index (χ4n) is 3.90. The van der Waals surface area contributed by atoms with Crippen LogP contribution in [-0.2, 0) is 9.59 Å². The van der Waals surface area contributed by atoms with Gasteiger partial charge in [-0.3, -0.25) is 14.9 Å². The Hall–Kier alpha value is -3.93. The highest BCUT2D eigenvalue weighted by Gasteiger charge is 2.37. The Morgan fingerprint density at radius 3 is 2.31 bits per heavy atom. The van der Waals surface area contributed by atoms with Gasteiger partial charge in [-0.1, -0.05) is 36.4 Å². The highest BCUT2D eigenvalue weighted by molar-refractivity contribution is 6.39. The summed E-state index contributed by atoms with van der Waals surface area (Å²) in [6.45, 7) is 7.59. The molecule has 0 bridgehead atoms. The molecule has 0 aromatic heterocycles. The first-order valence-electron chi connectivity index (χ1n) is 10.4. The van der Waals surface area contributed by atoms with E-state index in [1.54, 1.807) is 12.1 Å². The van der Waals surface area contributed by atoms with Crippen LogP contribution in [0.15, 0.2) is 60.2 Å². The minimum atomic E-state index is -0.765. The molecule has 0 aliphatic carbocycles. The van der Waals surface area contributed by atoms with Gasteiger partial charge in [0.25, 0.3) is 11.8 Å². The predicted octanol–water partition coefficient (Wildman–Crippen LogP) is 4.91. The third-order valence-corrected chi connectivity index (χ3v) is 5.15. The largest absolute Gasteiger partial charge is 0.490 e. The number of amides is 4. The zero-order chi connectivity index (χ0) is 23.0. The van der Waals surface area contributed by atoms with Crippen molar-refractivity contribution >= 4 is 40.4 Å². The first kappa shape index (κ1) is 21.3. The molecule has 0 unspecified atom stereocenters. The molecule has 32 heavy (non-hydrogen) atoms. The van der Waals surface area contributed by atoms with Gasteiger partial charge < -0.3 is 4.74 Å². The lowest BCUT2D eigenvalue weighted by molar-refractivity contribution is -0.122. The molecule has 3 aromatic rings. The van der Waals surface area contributed by atoms with Crippen molar-refractivity contribution in [2.75, 3.05) is 4.90 Å². The van der Waals surface area contributed by atoms with Crippen molar-refractivity contribution in [2.24, 2.45) is 0 Å². The molecule has 1 heterocycles. The SMILES string of the molecule is Cc1cc(C)cc(N2C(=O)NC(=O)/C(=C\c3c(OC(C)C)ccc4ccccc34)C2=O)c1. The highest BCUT2D eigenvalue weighted by Crippen LogP contribution is 2.32. The third kappa shape index (κ3) is 3.99. The zero-order valence-electron chi connectivity index (χ0n) is 18.4. The average molecular weight is 428 g/mol. The van der Waals surface area contributed by atoms with Crippen LogP contribution < -0.4 is 15.0 Å². The Labute approximate surface area is 186 Å². The summed E-state index contributed by atoms with van der Waals surface area (Å²) in [5, 5.41) is 4.08. The van der Waals surface area contributed by atoms with Crippen LogP contribution in [0.2, 0.25) is 0 Å². The van der Waals surface area contributed by atoms with Gasteiger partial charge in [0.2, 0.25) is 0 Å². The summed E-state index contributed by atoms with van der Waals surface area (Å²) in [6, 6.07) is 16.1. The normalized spacial score (nSPS) is 15.6. The Bertz CT molecular complexity index is 1270. The number of rotatable bonds is 4. The molecule has 0 spiro atoms. The number of carbonyl (C=O) groups is 3. The van der Waals surface area contributed by atoms with Crippen LogP contribution in [0, 0.1) is 13.8 Å². The number of aryl methyl sites for hydroxylation is 2. The molecule has 6 nitrogen and oxygen atoms in total. The smallest absolute Gasteiger partial charge is 0.335 e. The van der Waals surface area contributed by atoms with E-state index in [1.807, 2.05) is 70.2 Å². The number of nitrogens with zero attached hydrogens (tertiary/aromatic N) is 1.